The van der Waals surface area contributed by atoms with Crippen LogP contribution in [0.15, 0.2) is 60.7 Å². The average Bonchev–Trinajstić information content (AvgIpc) is 3.43. The SMILES string of the molecule is O=C(Oc1ccc(N2C(=O)[C@@H]3[C@H](C2=O)[C@@H]2C=C[C@@H]3C2)cc1)c1ccc([N+](=O)[O-])cc1. The van der Waals surface area contributed by atoms with E-state index in [0.717, 1.165) is 6.42 Å². The average molecular weight is 404 g/mol. The molecule has 1 saturated carbocycles. The van der Waals surface area contributed by atoms with E-state index in [2.05, 4.69) is 0 Å². The molecule has 2 aliphatic carbocycles. The molecular formula is C22H16N2O6. The summed E-state index contributed by atoms with van der Waals surface area (Å²) in [5, 5.41) is 10.7. The number of hydrogen-bond acceptors (Lipinski definition) is 6. The van der Waals surface area contributed by atoms with Gasteiger partial charge in [-0.15, -0.1) is 0 Å². The first kappa shape index (κ1) is 18.2. The summed E-state index contributed by atoms with van der Waals surface area (Å²) in [5.74, 6) is -1.02. The number of rotatable bonds is 4. The molecule has 0 unspecified atom stereocenters. The maximum atomic E-state index is 12.8. The topological polar surface area (TPSA) is 107 Å². The molecule has 1 saturated heterocycles. The Bertz CT molecular complexity index is 1080. The molecule has 0 aromatic heterocycles. The quantitative estimate of drug-likeness (QED) is 0.194. The first-order valence-corrected chi connectivity index (χ1v) is 9.57. The van der Waals surface area contributed by atoms with Crippen molar-refractivity contribution in [3.63, 3.8) is 0 Å². The van der Waals surface area contributed by atoms with Crippen LogP contribution in [0.3, 0.4) is 0 Å². The second-order valence-electron chi connectivity index (χ2n) is 7.70. The molecule has 30 heavy (non-hydrogen) atoms. The summed E-state index contributed by atoms with van der Waals surface area (Å²) in [5.41, 5.74) is 0.503. The summed E-state index contributed by atoms with van der Waals surface area (Å²) in [4.78, 5) is 49.3. The first-order chi connectivity index (χ1) is 14.4. The van der Waals surface area contributed by atoms with Gasteiger partial charge in [-0.3, -0.25) is 24.6 Å². The number of non-ortho nitro benzene ring substituents is 1. The summed E-state index contributed by atoms with van der Waals surface area (Å²) in [6.07, 6.45) is 4.96. The number of carbonyl (C=O) groups is 3. The van der Waals surface area contributed by atoms with E-state index < -0.39 is 10.9 Å². The molecule has 150 valence electrons. The minimum atomic E-state index is -0.664. The highest BCUT2D eigenvalue weighted by Crippen LogP contribution is 2.53. The van der Waals surface area contributed by atoms with Crippen molar-refractivity contribution in [2.24, 2.45) is 23.7 Å². The number of esters is 1. The van der Waals surface area contributed by atoms with Gasteiger partial charge in [0.05, 0.1) is 28.0 Å². The number of hydrogen-bond donors (Lipinski definition) is 0. The van der Waals surface area contributed by atoms with Crippen molar-refractivity contribution in [1.29, 1.82) is 0 Å². The number of carbonyl (C=O) groups excluding carboxylic acids is 3. The maximum absolute atomic E-state index is 12.8. The van der Waals surface area contributed by atoms with Crippen LogP contribution in [-0.4, -0.2) is 22.7 Å². The Labute approximate surface area is 170 Å². The lowest BCUT2D eigenvalue weighted by Crippen LogP contribution is -2.32. The number of amides is 2. The number of imide groups is 1. The fraction of sp³-hybridized carbons (Fsp3) is 0.227. The molecule has 1 aliphatic heterocycles. The lowest BCUT2D eigenvalue weighted by Gasteiger charge is -2.17. The summed E-state index contributed by atoms with van der Waals surface area (Å²) in [7, 11) is 0. The molecule has 2 bridgehead atoms. The summed E-state index contributed by atoms with van der Waals surface area (Å²) in [6.45, 7) is 0. The Kier molecular flexibility index (Phi) is 4.02. The van der Waals surface area contributed by atoms with Gasteiger partial charge in [-0.2, -0.15) is 0 Å². The minimum absolute atomic E-state index is 0.121. The van der Waals surface area contributed by atoms with E-state index in [1.54, 1.807) is 12.1 Å². The molecule has 0 spiro atoms. The third-order valence-electron chi connectivity index (χ3n) is 6.09. The van der Waals surface area contributed by atoms with Crippen LogP contribution in [0.2, 0.25) is 0 Å². The van der Waals surface area contributed by atoms with Gasteiger partial charge in [-0.05, 0) is 54.7 Å². The van der Waals surface area contributed by atoms with E-state index in [4.69, 9.17) is 4.74 Å². The number of nitrogens with zero attached hydrogens (tertiary/aromatic N) is 2. The highest BCUT2D eigenvalue weighted by atomic mass is 16.6. The molecule has 5 rings (SSSR count). The van der Waals surface area contributed by atoms with Gasteiger partial charge < -0.3 is 4.74 Å². The number of anilines is 1. The normalized spacial score (nSPS) is 26.2. The number of nitro benzene ring substituents is 1. The Morgan fingerprint density at radius 1 is 0.933 bits per heavy atom. The van der Waals surface area contributed by atoms with Crippen LogP contribution in [0.4, 0.5) is 11.4 Å². The van der Waals surface area contributed by atoms with Gasteiger partial charge in [-0.25, -0.2) is 4.79 Å². The summed E-state index contributed by atoms with van der Waals surface area (Å²) in [6, 6.07) is 11.3. The zero-order valence-corrected chi connectivity index (χ0v) is 15.6. The van der Waals surface area contributed by atoms with Crippen molar-refractivity contribution < 1.29 is 24.0 Å². The fourth-order valence-corrected chi connectivity index (χ4v) is 4.71. The molecule has 4 atom stereocenters. The van der Waals surface area contributed by atoms with E-state index >= 15 is 0 Å². The summed E-state index contributed by atoms with van der Waals surface area (Å²) < 4.78 is 5.28. The molecule has 2 aromatic carbocycles. The van der Waals surface area contributed by atoms with Crippen LogP contribution in [0.5, 0.6) is 5.75 Å². The van der Waals surface area contributed by atoms with Gasteiger partial charge in [0, 0.05) is 12.1 Å². The van der Waals surface area contributed by atoms with Gasteiger partial charge in [0.15, 0.2) is 0 Å². The van der Waals surface area contributed by atoms with E-state index in [1.165, 1.54) is 41.3 Å². The molecule has 8 nitrogen and oxygen atoms in total. The van der Waals surface area contributed by atoms with E-state index in [1.807, 2.05) is 12.2 Å². The van der Waals surface area contributed by atoms with Crippen LogP contribution in [0.1, 0.15) is 16.8 Å². The van der Waals surface area contributed by atoms with E-state index in [0.29, 0.717) is 5.69 Å². The highest BCUT2D eigenvalue weighted by molar-refractivity contribution is 6.22. The van der Waals surface area contributed by atoms with Crippen LogP contribution in [0, 0.1) is 33.8 Å². The predicted octanol–water partition coefficient (Wildman–Crippen LogP) is 3.13. The largest absolute Gasteiger partial charge is 0.423 e. The zero-order valence-electron chi connectivity index (χ0n) is 15.6. The maximum Gasteiger partial charge on any atom is 0.343 e. The number of ether oxygens (including phenoxy) is 1. The van der Waals surface area contributed by atoms with Crippen molar-refractivity contribution in [2.75, 3.05) is 4.90 Å². The highest BCUT2D eigenvalue weighted by Gasteiger charge is 2.59. The number of benzene rings is 2. The van der Waals surface area contributed by atoms with Crippen LogP contribution in [-0.2, 0) is 9.59 Å². The van der Waals surface area contributed by atoms with E-state index in [9.17, 15) is 24.5 Å². The van der Waals surface area contributed by atoms with Crippen LogP contribution >= 0.6 is 0 Å². The van der Waals surface area contributed by atoms with E-state index in [-0.39, 0.29) is 52.5 Å². The predicted molar refractivity (Wildman–Crippen MR) is 105 cm³/mol. The monoisotopic (exact) mass is 404 g/mol. The lowest BCUT2D eigenvalue weighted by molar-refractivity contribution is -0.384. The number of allylic oxidation sites excluding steroid dienone is 2. The molecular weight excluding hydrogens is 388 g/mol. The van der Waals surface area contributed by atoms with Crippen molar-refractivity contribution in [2.45, 2.75) is 6.42 Å². The summed E-state index contributed by atoms with van der Waals surface area (Å²) >= 11 is 0. The standard InChI is InChI=1S/C22H16N2O6/c25-20-18-13-1-2-14(11-13)19(18)21(26)23(20)15-7-9-17(10-8-15)30-22(27)12-3-5-16(6-4-12)24(28)29/h1-10,13-14,18-19H,11H2/t13-,14-,18-,19+/m1/s1. The minimum Gasteiger partial charge on any atom is -0.423 e. The molecule has 2 aromatic rings. The first-order valence-electron chi connectivity index (χ1n) is 9.57. The number of fused-ring (bicyclic) bond motifs is 5. The molecule has 0 radical (unpaired) electrons. The van der Waals surface area contributed by atoms with Gasteiger partial charge in [0.1, 0.15) is 5.75 Å². The molecule has 1 heterocycles. The zero-order chi connectivity index (χ0) is 21.0. The molecule has 2 fully saturated rings. The van der Waals surface area contributed by atoms with Crippen LogP contribution < -0.4 is 9.64 Å². The molecule has 2 amide bonds. The molecule has 0 N–H and O–H groups in total. The third-order valence-corrected chi connectivity index (χ3v) is 6.09. The van der Waals surface area contributed by atoms with Crippen molar-refractivity contribution in [3.05, 3.63) is 76.4 Å². The van der Waals surface area contributed by atoms with Crippen molar-refractivity contribution >= 4 is 29.2 Å². The van der Waals surface area contributed by atoms with Crippen molar-refractivity contribution in [1.82, 2.24) is 0 Å². The smallest absolute Gasteiger partial charge is 0.343 e. The van der Waals surface area contributed by atoms with Gasteiger partial charge >= 0.3 is 5.97 Å². The second-order valence-corrected chi connectivity index (χ2v) is 7.70. The van der Waals surface area contributed by atoms with Gasteiger partial charge in [0.25, 0.3) is 5.69 Å². The second kappa shape index (κ2) is 6.62. The Hall–Kier alpha value is -3.81. The number of nitro groups is 1. The molecule has 8 heteroatoms. The third kappa shape index (κ3) is 2.72. The van der Waals surface area contributed by atoms with Gasteiger partial charge in [-0.1, -0.05) is 12.2 Å². The lowest BCUT2D eigenvalue weighted by atomic mass is 9.85. The Balaban J connectivity index is 1.30. The van der Waals surface area contributed by atoms with Crippen molar-refractivity contribution in [3.8, 4) is 5.75 Å². The fourth-order valence-electron chi connectivity index (χ4n) is 4.71. The van der Waals surface area contributed by atoms with Gasteiger partial charge in [0.2, 0.25) is 11.8 Å². The van der Waals surface area contributed by atoms with Crippen LogP contribution in [0.25, 0.3) is 0 Å². The molecule has 3 aliphatic rings. The Morgan fingerprint density at radius 3 is 2.03 bits per heavy atom. The Morgan fingerprint density at radius 2 is 1.50 bits per heavy atom.